The standard InChI is InChI=1S/C22H28N4O2S/c1-22(2)12-17-19(18(27)13-22)20(16-6-5-11-25(16)21(29)23-3)24-26(17)14-7-9-15(28-4)10-8-14/h7-10,16H,5-6,11-13H2,1-4H3,(H,23,29)/t16-/m0/s1. The molecule has 1 saturated heterocycles. The van der Waals surface area contributed by atoms with Crippen LogP contribution in [0.5, 0.6) is 5.75 Å². The molecule has 0 radical (unpaired) electrons. The monoisotopic (exact) mass is 412 g/mol. The Balaban J connectivity index is 1.85. The Hall–Kier alpha value is -2.41. The van der Waals surface area contributed by atoms with E-state index in [1.807, 2.05) is 36.0 Å². The van der Waals surface area contributed by atoms with Crippen molar-refractivity contribution in [1.29, 1.82) is 0 Å². The molecule has 7 heteroatoms. The van der Waals surface area contributed by atoms with Crippen molar-refractivity contribution in [2.75, 3.05) is 20.7 Å². The highest BCUT2D eigenvalue weighted by Gasteiger charge is 2.41. The number of thiocarbonyl (C=S) groups is 1. The SMILES string of the molecule is CNC(=S)N1CCC[C@H]1c1nn(-c2ccc(OC)cc2)c2c1C(=O)CC(C)(C)C2. The Morgan fingerprint density at radius 1 is 1.28 bits per heavy atom. The largest absolute Gasteiger partial charge is 0.497 e. The van der Waals surface area contributed by atoms with Crippen molar-refractivity contribution < 1.29 is 9.53 Å². The van der Waals surface area contributed by atoms with Crippen LogP contribution in [0.25, 0.3) is 5.69 Å². The minimum atomic E-state index is -0.0821. The Bertz CT molecular complexity index is 948. The molecule has 0 spiro atoms. The number of hydrogen-bond donors (Lipinski definition) is 1. The molecule has 29 heavy (non-hydrogen) atoms. The number of hydrogen-bond acceptors (Lipinski definition) is 4. The molecule has 154 valence electrons. The number of carbonyl (C=O) groups excluding carboxylic acids is 1. The van der Waals surface area contributed by atoms with E-state index in [2.05, 4.69) is 24.1 Å². The van der Waals surface area contributed by atoms with Crippen LogP contribution in [0.2, 0.25) is 0 Å². The van der Waals surface area contributed by atoms with Gasteiger partial charge in [-0.15, -0.1) is 0 Å². The van der Waals surface area contributed by atoms with Gasteiger partial charge in [0.25, 0.3) is 0 Å². The summed E-state index contributed by atoms with van der Waals surface area (Å²) in [6.07, 6.45) is 3.35. The number of likely N-dealkylation sites (tertiary alicyclic amines) is 1. The molecule has 0 saturated carbocycles. The van der Waals surface area contributed by atoms with Crippen molar-refractivity contribution >= 4 is 23.1 Å². The third-order valence-corrected chi connectivity index (χ3v) is 6.37. The molecule has 1 aliphatic heterocycles. The van der Waals surface area contributed by atoms with E-state index in [-0.39, 0.29) is 17.2 Å². The highest BCUT2D eigenvalue weighted by atomic mass is 32.1. The normalized spacial score (nSPS) is 20.5. The van der Waals surface area contributed by atoms with E-state index < -0.39 is 0 Å². The van der Waals surface area contributed by atoms with Gasteiger partial charge in [0.05, 0.1) is 35.8 Å². The summed E-state index contributed by atoms with van der Waals surface area (Å²) < 4.78 is 7.26. The van der Waals surface area contributed by atoms with Crippen LogP contribution in [0.1, 0.15) is 60.9 Å². The number of methoxy groups -OCH3 is 1. The molecule has 2 aliphatic rings. The second-order valence-electron chi connectivity index (χ2n) is 8.66. The molecule has 1 aromatic heterocycles. The summed E-state index contributed by atoms with van der Waals surface area (Å²) in [4.78, 5) is 15.4. The first-order valence-corrected chi connectivity index (χ1v) is 10.5. The van der Waals surface area contributed by atoms with Crippen LogP contribution >= 0.6 is 12.2 Å². The number of ketones is 1. The van der Waals surface area contributed by atoms with Gasteiger partial charge in [0.1, 0.15) is 5.75 Å². The molecule has 1 aliphatic carbocycles. The molecule has 0 unspecified atom stereocenters. The van der Waals surface area contributed by atoms with Gasteiger partial charge >= 0.3 is 0 Å². The fourth-order valence-electron chi connectivity index (χ4n) is 4.59. The van der Waals surface area contributed by atoms with Crippen molar-refractivity contribution in [3.8, 4) is 11.4 Å². The molecule has 0 amide bonds. The summed E-state index contributed by atoms with van der Waals surface area (Å²) in [7, 11) is 3.50. The quantitative estimate of drug-likeness (QED) is 0.776. The minimum Gasteiger partial charge on any atom is -0.497 e. The number of nitrogens with zero attached hydrogens (tertiary/aromatic N) is 3. The van der Waals surface area contributed by atoms with Crippen molar-refractivity contribution in [3.63, 3.8) is 0 Å². The van der Waals surface area contributed by atoms with Gasteiger partial charge in [-0.3, -0.25) is 4.79 Å². The predicted molar refractivity (Wildman–Crippen MR) is 117 cm³/mol. The van der Waals surface area contributed by atoms with Gasteiger partial charge in [-0.1, -0.05) is 13.8 Å². The first-order valence-electron chi connectivity index (χ1n) is 10.1. The molecule has 1 N–H and O–H groups in total. The topological polar surface area (TPSA) is 59.4 Å². The second kappa shape index (κ2) is 7.44. The zero-order chi connectivity index (χ0) is 20.8. The molecule has 4 rings (SSSR count). The number of benzene rings is 1. The number of carbonyl (C=O) groups is 1. The second-order valence-corrected chi connectivity index (χ2v) is 9.05. The minimum absolute atomic E-state index is 0.0355. The number of rotatable bonds is 3. The molecule has 0 bridgehead atoms. The average molecular weight is 413 g/mol. The van der Waals surface area contributed by atoms with Crippen LogP contribution in [-0.4, -0.2) is 46.3 Å². The Kier molecular flexibility index (Phi) is 5.11. The maximum absolute atomic E-state index is 13.2. The predicted octanol–water partition coefficient (Wildman–Crippen LogP) is 3.68. The third-order valence-electron chi connectivity index (χ3n) is 5.93. The highest BCUT2D eigenvalue weighted by Crippen LogP contribution is 2.42. The van der Waals surface area contributed by atoms with E-state index in [1.54, 1.807) is 7.11 Å². The maximum Gasteiger partial charge on any atom is 0.169 e. The summed E-state index contributed by atoms with van der Waals surface area (Å²) in [5, 5.41) is 8.81. The van der Waals surface area contributed by atoms with E-state index in [1.165, 1.54) is 0 Å². The zero-order valence-corrected chi connectivity index (χ0v) is 18.3. The molecule has 2 aromatic rings. The van der Waals surface area contributed by atoms with Gasteiger partial charge in [-0.05, 0) is 61.2 Å². The number of ether oxygens (including phenoxy) is 1. The number of Topliss-reactive ketones (excluding diaryl/α,β-unsaturated/α-hetero) is 1. The Morgan fingerprint density at radius 3 is 2.66 bits per heavy atom. The molecule has 1 fully saturated rings. The van der Waals surface area contributed by atoms with Crippen LogP contribution < -0.4 is 10.1 Å². The lowest BCUT2D eigenvalue weighted by Crippen LogP contribution is -2.38. The molecule has 2 heterocycles. The van der Waals surface area contributed by atoms with Gasteiger partial charge < -0.3 is 15.0 Å². The molecule has 1 atom stereocenters. The lowest BCUT2D eigenvalue weighted by molar-refractivity contribution is 0.0908. The highest BCUT2D eigenvalue weighted by molar-refractivity contribution is 7.80. The fourth-order valence-corrected chi connectivity index (χ4v) is 4.80. The first-order chi connectivity index (χ1) is 13.8. The van der Waals surface area contributed by atoms with Crippen molar-refractivity contribution in [3.05, 3.63) is 41.2 Å². The van der Waals surface area contributed by atoms with Crippen LogP contribution in [-0.2, 0) is 6.42 Å². The lowest BCUT2D eigenvalue weighted by Gasteiger charge is -2.30. The van der Waals surface area contributed by atoms with Gasteiger partial charge in [0, 0.05) is 20.0 Å². The van der Waals surface area contributed by atoms with Crippen molar-refractivity contribution in [1.82, 2.24) is 20.0 Å². The van der Waals surface area contributed by atoms with Crippen molar-refractivity contribution in [2.45, 2.75) is 45.6 Å². The zero-order valence-electron chi connectivity index (χ0n) is 17.5. The summed E-state index contributed by atoms with van der Waals surface area (Å²) in [5.74, 6) is 0.987. The smallest absolute Gasteiger partial charge is 0.169 e. The van der Waals surface area contributed by atoms with Crippen LogP contribution in [0.15, 0.2) is 24.3 Å². The van der Waals surface area contributed by atoms with E-state index in [0.717, 1.165) is 54.2 Å². The number of aromatic nitrogens is 2. The summed E-state index contributed by atoms with van der Waals surface area (Å²) >= 11 is 5.52. The Morgan fingerprint density at radius 2 is 2.00 bits per heavy atom. The number of fused-ring (bicyclic) bond motifs is 1. The van der Waals surface area contributed by atoms with E-state index >= 15 is 0 Å². The lowest BCUT2D eigenvalue weighted by atomic mass is 9.75. The van der Waals surface area contributed by atoms with E-state index in [0.29, 0.717) is 11.5 Å². The fraction of sp³-hybridized carbons (Fsp3) is 0.500. The summed E-state index contributed by atoms with van der Waals surface area (Å²) in [6, 6.07) is 7.88. The summed E-state index contributed by atoms with van der Waals surface area (Å²) in [5.41, 5.74) is 3.54. The molecular weight excluding hydrogens is 384 g/mol. The Labute approximate surface area is 177 Å². The van der Waals surface area contributed by atoms with E-state index in [4.69, 9.17) is 22.1 Å². The molecule has 1 aromatic carbocycles. The van der Waals surface area contributed by atoms with Gasteiger partial charge in [0.2, 0.25) is 0 Å². The maximum atomic E-state index is 13.2. The third kappa shape index (κ3) is 3.52. The van der Waals surface area contributed by atoms with Gasteiger partial charge in [-0.2, -0.15) is 5.10 Å². The van der Waals surface area contributed by atoms with E-state index in [9.17, 15) is 4.79 Å². The van der Waals surface area contributed by atoms with Crippen molar-refractivity contribution in [2.24, 2.45) is 5.41 Å². The van der Waals surface area contributed by atoms with Gasteiger partial charge in [-0.25, -0.2) is 4.68 Å². The summed E-state index contributed by atoms with van der Waals surface area (Å²) in [6.45, 7) is 5.18. The van der Waals surface area contributed by atoms with Crippen LogP contribution in [0.3, 0.4) is 0 Å². The van der Waals surface area contributed by atoms with Crippen LogP contribution in [0, 0.1) is 5.41 Å². The molecular formula is C22H28N4O2S. The van der Waals surface area contributed by atoms with Gasteiger partial charge in [0.15, 0.2) is 10.9 Å². The first kappa shape index (κ1) is 19.9. The number of nitrogens with one attached hydrogen (secondary N) is 1. The molecule has 6 nitrogen and oxygen atoms in total. The van der Waals surface area contributed by atoms with Crippen LogP contribution in [0.4, 0.5) is 0 Å². The average Bonchev–Trinajstić information content (AvgIpc) is 3.31.